The van der Waals surface area contributed by atoms with E-state index in [9.17, 15) is 13.2 Å². The number of thiazole rings is 1. The number of nitrogens with one attached hydrogen (secondary N) is 2. The van der Waals surface area contributed by atoms with E-state index in [1.54, 1.807) is 37.4 Å². The summed E-state index contributed by atoms with van der Waals surface area (Å²) in [5.74, 6) is -0.540. The number of halogens is 1. The summed E-state index contributed by atoms with van der Waals surface area (Å²) in [5, 5.41) is 5.03. The summed E-state index contributed by atoms with van der Waals surface area (Å²) in [6, 6.07) is 16.6. The van der Waals surface area contributed by atoms with E-state index in [4.69, 9.17) is 11.6 Å². The third kappa shape index (κ3) is 4.40. The van der Waals surface area contributed by atoms with Gasteiger partial charge in [-0.1, -0.05) is 29.8 Å². The number of hydrogen-bond donors (Lipinski definition) is 2. The largest absolute Gasteiger partial charge is 0.360 e. The number of anilines is 2. The fourth-order valence-electron chi connectivity index (χ4n) is 3.16. The van der Waals surface area contributed by atoms with Crippen molar-refractivity contribution in [3.63, 3.8) is 0 Å². The summed E-state index contributed by atoms with van der Waals surface area (Å²) >= 11 is 7.49. The van der Waals surface area contributed by atoms with E-state index in [-0.39, 0.29) is 22.0 Å². The van der Waals surface area contributed by atoms with Crippen LogP contribution in [0, 0.1) is 0 Å². The van der Waals surface area contributed by atoms with Crippen molar-refractivity contribution >= 4 is 49.7 Å². The van der Waals surface area contributed by atoms with Gasteiger partial charge in [-0.2, -0.15) is 0 Å². The Kier molecular flexibility index (Phi) is 6.31. The van der Waals surface area contributed by atoms with Gasteiger partial charge in [-0.15, -0.1) is 11.3 Å². The second-order valence-corrected chi connectivity index (χ2v) is 9.85. The molecule has 4 rings (SSSR count). The monoisotopic (exact) mass is 486 g/mol. The first kappa shape index (κ1) is 22.1. The van der Waals surface area contributed by atoms with Gasteiger partial charge >= 0.3 is 0 Å². The summed E-state index contributed by atoms with van der Waals surface area (Å²) in [7, 11) is -3.90. The molecule has 10 heteroatoms. The van der Waals surface area contributed by atoms with Crippen molar-refractivity contribution in [1.82, 2.24) is 9.97 Å². The summed E-state index contributed by atoms with van der Waals surface area (Å²) in [6.07, 6.45) is 1.79. The normalized spacial score (nSPS) is 11.3. The van der Waals surface area contributed by atoms with Crippen LogP contribution in [0.4, 0.5) is 10.8 Å². The molecule has 0 aliphatic heterocycles. The maximum Gasteiger partial charge on any atom is 0.264 e. The van der Waals surface area contributed by atoms with Crippen molar-refractivity contribution in [3.8, 4) is 11.4 Å². The Labute approximate surface area is 194 Å². The van der Waals surface area contributed by atoms with Crippen molar-refractivity contribution in [2.75, 3.05) is 16.2 Å². The highest BCUT2D eigenvalue weighted by Crippen LogP contribution is 2.28. The fraction of sp³-hybridized carbons (Fsp3) is 0.0909. The number of aromatic nitrogens is 2. The van der Waals surface area contributed by atoms with Crippen molar-refractivity contribution in [2.24, 2.45) is 0 Å². The number of benzene rings is 2. The average molecular weight is 487 g/mol. The van der Waals surface area contributed by atoms with Crippen molar-refractivity contribution in [2.45, 2.75) is 11.8 Å². The number of nitrogens with zero attached hydrogens (tertiary/aromatic N) is 2. The molecule has 0 aliphatic rings. The molecule has 4 aromatic rings. The topological polar surface area (TPSA) is 95.2 Å². The molecule has 0 fully saturated rings. The van der Waals surface area contributed by atoms with Crippen molar-refractivity contribution in [1.29, 1.82) is 0 Å². The van der Waals surface area contributed by atoms with Gasteiger partial charge in [-0.05, 0) is 49.4 Å². The minimum absolute atomic E-state index is 0.0241. The van der Waals surface area contributed by atoms with Crippen LogP contribution in [0.15, 0.2) is 77.1 Å². The molecule has 2 aromatic heterocycles. The molecule has 0 saturated heterocycles. The lowest BCUT2D eigenvalue weighted by molar-refractivity contribution is 0.102. The summed E-state index contributed by atoms with van der Waals surface area (Å²) in [6.45, 7) is 1.98. The minimum atomic E-state index is -3.90. The van der Waals surface area contributed by atoms with Crippen LogP contribution < -0.4 is 9.62 Å². The highest BCUT2D eigenvalue weighted by Gasteiger charge is 2.25. The molecular weight excluding hydrogens is 468 g/mol. The molecule has 0 radical (unpaired) electrons. The third-order valence-corrected chi connectivity index (χ3v) is 7.69. The van der Waals surface area contributed by atoms with Gasteiger partial charge in [0.1, 0.15) is 0 Å². The molecule has 0 unspecified atom stereocenters. The maximum absolute atomic E-state index is 13.3. The molecule has 0 bridgehead atoms. The third-order valence-electron chi connectivity index (χ3n) is 4.70. The van der Waals surface area contributed by atoms with Gasteiger partial charge < -0.3 is 4.98 Å². The Hall–Kier alpha value is -3.14. The number of carbonyl (C=O) groups is 1. The zero-order valence-corrected chi connectivity index (χ0v) is 19.3. The van der Waals surface area contributed by atoms with Gasteiger partial charge in [-0.3, -0.25) is 14.4 Å². The van der Waals surface area contributed by atoms with Crippen LogP contribution in [-0.4, -0.2) is 30.8 Å². The van der Waals surface area contributed by atoms with E-state index < -0.39 is 15.9 Å². The minimum Gasteiger partial charge on any atom is -0.360 e. The van der Waals surface area contributed by atoms with Crippen LogP contribution in [0.3, 0.4) is 0 Å². The highest BCUT2D eigenvalue weighted by atomic mass is 35.5. The fourth-order valence-corrected chi connectivity index (χ4v) is 5.57. The Balaban J connectivity index is 1.61. The maximum atomic E-state index is 13.3. The van der Waals surface area contributed by atoms with Crippen LogP contribution in [-0.2, 0) is 10.0 Å². The number of hydrogen-bond acceptors (Lipinski definition) is 5. The molecule has 2 heterocycles. The van der Waals surface area contributed by atoms with E-state index >= 15 is 0 Å². The Morgan fingerprint density at radius 1 is 1.16 bits per heavy atom. The predicted molar refractivity (Wildman–Crippen MR) is 128 cm³/mol. The summed E-state index contributed by atoms with van der Waals surface area (Å²) in [5.41, 5.74) is 2.11. The van der Waals surface area contributed by atoms with Gasteiger partial charge in [-0.25, -0.2) is 13.4 Å². The molecule has 0 atom stereocenters. The zero-order valence-electron chi connectivity index (χ0n) is 16.9. The molecule has 0 aliphatic carbocycles. The van der Waals surface area contributed by atoms with Gasteiger partial charge in [0.2, 0.25) is 0 Å². The van der Waals surface area contributed by atoms with Crippen molar-refractivity contribution in [3.05, 3.63) is 82.8 Å². The Bertz CT molecular complexity index is 1340. The SMILES string of the molecule is CCN(c1ccccc1)S(=O)(=O)c1ccc(Cl)c(C(=O)Nc2nc(-c3ccc[nH]3)cs2)c1. The van der Waals surface area contributed by atoms with E-state index in [1.807, 2.05) is 23.6 Å². The molecule has 0 saturated carbocycles. The van der Waals surface area contributed by atoms with Crippen molar-refractivity contribution < 1.29 is 13.2 Å². The average Bonchev–Trinajstić information content (AvgIpc) is 3.47. The number of carbonyl (C=O) groups excluding carboxylic acids is 1. The second kappa shape index (κ2) is 9.15. The van der Waals surface area contributed by atoms with Gasteiger partial charge in [0.05, 0.1) is 32.6 Å². The smallest absolute Gasteiger partial charge is 0.264 e. The number of sulfonamides is 1. The molecule has 1 amide bonds. The Morgan fingerprint density at radius 2 is 1.94 bits per heavy atom. The lowest BCUT2D eigenvalue weighted by Crippen LogP contribution is -2.31. The molecule has 0 spiro atoms. The zero-order chi connectivity index (χ0) is 22.7. The van der Waals surface area contributed by atoms with Crippen LogP contribution in [0.2, 0.25) is 5.02 Å². The number of aromatic amines is 1. The van der Waals surface area contributed by atoms with E-state index in [2.05, 4.69) is 15.3 Å². The summed E-state index contributed by atoms with van der Waals surface area (Å²) < 4.78 is 27.8. The molecule has 2 aromatic carbocycles. The summed E-state index contributed by atoms with van der Waals surface area (Å²) in [4.78, 5) is 20.3. The standard InChI is InChI=1S/C22H19ClN4O3S2/c1-2-27(15-7-4-3-5-8-15)32(29,30)16-10-11-18(23)17(13-16)21(28)26-22-25-20(14-31-22)19-9-6-12-24-19/h3-14,24H,2H2,1H3,(H,25,26,28). The van der Waals surface area contributed by atoms with Gasteiger partial charge in [0.25, 0.3) is 15.9 Å². The van der Waals surface area contributed by atoms with Gasteiger partial charge in [0, 0.05) is 18.1 Å². The van der Waals surface area contributed by atoms with Crippen LogP contribution >= 0.6 is 22.9 Å². The quantitative estimate of drug-likeness (QED) is 0.372. The molecular formula is C22H19ClN4O3S2. The predicted octanol–water partition coefficient (Wildman–Crippen LogP) is 5.26. The first-order valence-corrected chi connectivity index (χ1v) is 12.4. The Morgan fingerprint density at radius 3 is 2.62 bits per heavy atom. The molecule has 32 heavy (non-hydrogen) atoms. The van der Waals surface area contributed by atoms with E-state index in [0.29, 0.717) is 16.5 Å². The van der Waals surface area contributed by atoms with E-state index in [0.717, 1.165) is 5.69 Å². The van der Waals surface area contributed by atoms with Crippen LogP contribution in [0.25, 0.3) is 11.4 Å². The second-order valence-electron chi connectivity index (χ2n) is 6.72. The van der Waals surface area contributed by atoms with Crippen LogP contribution in [0.1, 0.15) is 17.3 Å². The highest BCUT2D eigenvalue weighted by molar-refractivity contribution is 7.92. The number of H-pyrrole nitrogens is 1. The molecule has 2 N–H and O–H groups in total. The van der Waals surface area contributed by atoms with E-state index in [1.165, 1.54) is 33.8 Å². The lowest BCUT2D eigenvalue weighted by Gasteiger charge is -2.23. The number of amides is 1. The first-order chi connectivity index (χ1) is 15.4. The molecule has 7 nitrogen and oxygen atoms in total. The van der Waals surface area contributed by atoms with Gasteiger partial charge in [0.15, 0.2) is 5.13 Å². The number of rotatable bonds is 7. The number of para-hydroxylation sites is 1. The van der Waals surface area contributed by atoms with Crippen LogP contribution in [0.5, 0.6) is 0 Å². The molecule has 164 valence electrons. The first-order valence-electron chi connectivity index (χ1n) is 9.68. The lowest BCUT2D eigenvalue weighted by atomic mass is 10.2.